The van der Waals surface area contributed by atoms with E-state index in [1.54, 1.807) is 0 Å². The molecule has 0 aliphatic carbocycles. The van der Waals surface area contributed by atoms with Gasteiger partial charge in [-0.05, 0) is 24.5 Å². The van der Waals surface area contributed by atoms with Crippen LogP contribution in [0.4, 0.5) is 0 Å². The Balaban J connectivity index is 2.44. The summed E-state index contributed by atoms with van der Waals surface area (Å²) in [6, 6.07) is 6.16. The third-order valence-corrected chi connectivity index (χ3v) is 5.03. The Bertz CT molecular complexity index is 567. The van der Waals surface area contributed by atoms with E-state index in [2.05, 4.69) is 0 Å². The van der Waals surface area contributed by atoms with Crippen LogP contribution in [-0.2, 0) is 27.8 Å². The first-order valence-electron chi connectivity index (χ1n) is 5.73. The van der Waals surface area contributed by atoms with E-state index in [4.69, 9.17) is 0 Å². The van der Waals surface area contributed by atoms with Gasteiger partial charge < -0.3 is 9.90 Å². The number of hydrogen-bond donors (Lipinski definition) is 0. The smallest absolute Gasteiger partial charge is 0.214 e. The summed E-state index contributed by atoms with van der Waals surface area (Å²) in [5.74, 6) is -1.46. The first-order chi connectivity index (χ1) is 8.45. The molecule has 1 aliphatic rings. The van der Waals surface area contributed by atoms with Gasteiger partial charge in [-0.1, -0.05) is 24.3 Å². The molecule has 6 heteroatoms. The highest BCUT2D eigenvalue weighted by molar-refractivity contribution is 7.89. The minimum Gasteiger partial charge on any atom is -0.548 e. The Morgan fingerprint density at radius 1 is 1.39 bits per heavy atom. The monoisotopic (exact) mass is 268 g/mol. The summed E-state index contributed by atoms with van der Waals surface area (Å²) in [5, 5.41) is 11.1. The summed E-state index contributed by atoms with van der Waals surface area (Å²) in [7, 11) is -3.55. The Hall–Kier alpha value is -1.40. The predicted octanol–water partition coefficient (Wildman–Crippen LogP) is -0.487. The van der Waals surface area contributed by atoms with Crippen LogP contribution in [0.1, 0.15) is 18.1 Å². The fourth-order valence-electron chi connectivity index (χ4n) is 2.16. The van der Waals surface area contributed by atoms with Crippen LogP contribution in [-0.4, -0.2) is 30.5 Å². The van der Waals surface area contributed by atoms with Gasteiger partial charge in [0.15, 0.2) is 0 Å². The highest BCUT2D eigenvalue weighted by Crippen LogP contribution is 2.25. The van der Waals surface area contributed by atoms with E-state index in [-0.39, 0.29) is 18.7 Å². The molecule has 98 valence electrons. The van der Waals surface area contributed by atoms with Crippen LogP contribution in [0.3, 0.4) is 0 Å². The summed E-state index contributed by atoms with van der Waals surface area (Å²) < 4.78 is 24.9. The van der Waals surface area contributed by atoms with Crippen molar-refractivity contribution in [1.29, 1.82) is 0 Å². The lowest BCUT2D eigenvalue weighted by Gasteiger charge is -2.36. The molecule has 0 saturated heterocycles. The van der Waals surface area contributed by atoms with Crippen LogP contribution < -0.4 is 5.11 Å². The van der Waals surface area contributed by atoms with E-state index in [9.17, 15) is 18.3 Å². The number of rotatable bonds is 3. The normalized spacial score (nSPS) is 20.4. The highest BCUT2D eigenvalue weighted by Gasteiger charge is 2.34. The van der Waals surface area contributed by atoms with Crippen molar-refractivity contribution in [3.05, 3.63) is 35.4 Å². The molecule has 1 aliphatic heterocycles. The van der Waals surface area contributed by atoms with Crippen LogP contribution in [0.2, 0.25) is 0 Å². The number of sulfonamides is 1. The maximum absolute atomic E-state index is 11.9. The second kappa shape index (κ2) is 4.70. The molecule has 0 fully saturated rings. The Kier molecular flexibility index (Phi) is 3.41. The number of aliphatic carboxylic acids is 1. The number of carboxylic acid groups (broad SMARTS) is 1. The minimum atomic E-state index is -3.55. The zero-order valence-electron chi connectivity index (χ0n) is 10.00. The van der Waals surface area contributed by atoms with E-state index >= 15 is 0 Å². The molecule has 1 aromatic carbocycles. The summed E-state index contributed by atoms with van der Waals surface area (Å²) in [6.07, 6.45) is 0.164. The molecular weight excluding hydrogens is 254 g/mol. The Labute approximate surface area is 106 Å². The van der Waals surface area contributed by atoms with Crippen molar-refractivity contribution >= 4 is 16.0 Å². The number of carbonyl (C=O) groups is 1. The van der Waals surface area contributed by atoms with Gasteiger partial charge in [0.2, 0.25) is 10.0 Å². The van der Waals surface area contributed by atoms with Crippen LogP contribution in [0.5, 0.6) is 0 Å². The van der Waals surface area contributed by atoms with Crippen molar-refractivity contribution < 1.29 is 18.3 Å². The molecule has 1 aromatic rings. The first-order valence-corrected chi connectivity index (χ1v) is 7.33. The van der Waals surface area contributed by atoms with Crippen LogP contribution in [0.25, 0.3) is 0 Å². The minimum absolute atomic E-state index is 0.102. The van der Waals surface area contributed by atoms with E-state index in [0.29, 0.717) is 0 Å². The van der Waals surface area contributed by atoms with Crippen LogP contribution in [0.15, 0.2) is 24.3 Å². The van der Waals surface area contributed by atoms with Crippen LogP contribution >= 0.6 is 0 Å². The molecule has 0 unspecified atom stereocenters. The van der Waals surface area contributed by atoms with Gasteiger partial charge >= 0.3 is 0 Å². The number of hydrogen-bond acceptors (Lipinski definition) is 4. The lowest BCUT2D eigenvalue weighted by Crippen LogP contribution is -2.53. The molecule has 18 heavy (non-hydrogen) atoms. The average molecular weight is 268 g/mol. The third-order valence-electron chi connectivity index (χ3n) is 3.20. The van der Waals surface area contributed by atoms with E-state index < -0.39 is 22.0 Å². The van der Waals surface area contributed by atoms with Gasteiger partial charge in [-0.2, -0.15) is 4.31 Å². The predicted molar refractivity (Wildman–Crippen MR) is 63.9 cm³/mol. The summed E-state index contributed by atoms with van der Waals surface area (Å²) in [5.41, 5.74) is 1.72. The van der Waals surface area contributed by atoms with E-state index in [1.165, 1.54) is 6.92 Å². The zero-order valence-corrected chi connectivity index (χ0v) is 10.8. The molecule has 0 aromatic heterocycles. The molecule has 0 bridgehead atoms. The molecule has 0 amide bonds. The van der Waals surface area contributed by atoms with Crippen molar-refractivity contribution in [2.75, 3.05) is 5.75 Å². The standard InChI is InChI=1S/C12H15NO4S/c1-2-18(16,17)13-8-10-6-4-3-5-9(10)7-11(13)12(14)15/h3-6,11H,2,7-8H2,1H3,(H,14,15)/p-1/t11-/m0/s1. The van der Waals surface area contributed by atoms with Crippen molar-refractivity contribution in [1.82, 2.24) is 4.31 Å². The zero-order chi connectivity index (χ0) is 13.3. The number of fused-ring (bicyclic) bond motifs is 1. The SMILES string of the molecule is CCS(=O)(=O)N1Cc2ccccc2C[C@H]1C(=O)[O-]. The van der Waals surface area contributed by atoms with E-state index in [1.807, 2.05) is 24.3 Å². The largest absolute Gasteiger partial charge is 0.548 e. The number of carboxylic acids is 1. The molecule has 1 atom stereocenters. The molecular formula is C12H14NO4S-. The first kappa shape index (κ1) is 13.0. The summed E-state index contributed by atoms with van der Waals surface area (Å²) >= 11 is 0. The van der Waals surface area contributed by atoms with Crippen molar-refractivity contribution in [2.24, 2.45) is 0 Å². The van der Waals surface area contributed by atoms with Crippen molar-refractivity contribution in [2.45, 2.75) is 25.9 Å². The second-order valence-electron chi connectivity index (χ2n) is 4.25. The Morgan fingerprint density at radius 2 is 2.00 bits per heavy atom. The van der Waals surface area contributed by atoms with Gasteiger partial charge in [0, 0.05) is 6.54 Å². The highest BCUT2D eigenvalue weighted by atomic mass is 32.2. The molecule has 2 rings (SSSR count). The topological polar surface area (TPSA) is 77.5 Å². The molecule has 5 nitrogen and oxygen atoms in total. The molecule has 1 heterocycles. The van der Waals surface area contributed by atoms with Crippen LogP contribution in [0, 0.1) is 0 Å². The molecule has 0 saturated carbocycles. The van der Waals surface area contributed by atoms with Gasteiger partial charge in [-0.15, -0.1) is 0 Å². The average Bonchev–Trinajstić information content (AvgIpc) is 2.37. The maximum atomic E-state index is 11.9. The van der Waals surface area contributed by atoms with E-state index in [0.717, 1.165) is 15.4 Å². The van der Waals surface area contributed by atoms with Gasteiger partial charge in [-0.25, -0.2) is 8.42 Å². The van der Waals surface area contributed by atoms with Gasteiger partial charge in [0.25, 0.3) is 0 Å². The third kappa shape index (κ3) is 2.26. The van der Waals surface area contributed by atoms with Crippen molar-refractivity contribution in [3.63, 3.8) is 0 Å². The van der Waals surface area contributed by atoms with Gasteiger partial charge in [-0.3, -0.25) is 0 Å². The lowest BCUT2D eigenvalue weighted by atomic mass is 9.96. The lowest BCUT2D eigenvalue weighted by molar-refractivity contribution is -0.310. The van der Waals surface area contributed by atoms with Gasteiger partial charge in [0.05, 0.1) is 17.8 Å². The maximum Gasteiger partial charge on any atom is 0.214 e. The molecule has 0 spiro atoms. The Morgan fingerprint density at radius 3 is 2.56 bits per heavy atom. The summed E-state index contributed by atoms with van der Waals surface area (Å²) in [4.78, 5) is 11.1. The number of carbonyl (C=O) groups excluding carboxylic acids is 1. The summed E-state index contributed by atoms with van der Waals surface area (Å²) in [6.45, 7) is 1.60. The molecule has 0 radical (unpaired) electrons. The molecule has 0 N–H and O–H groups in total. The second-order valence-corrected chi connectivity index (χ2v) is 6.46. The number of benzene rings is 1. The quantitative estimate of drug-likeness (QED) is 0.741. The fraction of sp³-hybridized carbons (Fsp3) is 0.417. The van der Waals surface area contributed by atoms with Crippen molar-refractivity contribution in [3.8, 4) is 0 Å². The van der Waals surface area contributed by atoms with Gasteiger partial charge in [0.1, 0.15) is 0 Å². The fourth-order valence-corrected chi connectivity index (χ4v) is 3.37. The number of nitrogens with zero attached hydrogens (tertiary/aromatic N) is 1.